The highest BCUT2D eigenvalue weighted by Gasteiger charge is 2.52. The van der Waals surface area contributed by atoms with Crippen molar-refractivity contribution in [1.82, 2.24) is 0 Å². The maximum absolute atomic E-state index is 6.39. The molecule has 0 aromatic heterocycles. The molecule has 2 atom stereocenters. The summed E-state index contributed by atoms with van der Waals surface area (Å²) >= 11 is 0. The van der Waals surface area contributed by atoms with Gasteiger partial charge in [-0.3, -0.25) is 0 Å². The number of ether oxygens (including phenoxy) is 2. The summed E-state index contributed by atoms with van der Waals surface area (Å²) in [4.78, 5) is 0. The lowest BCUT2D eigenvalue weighted by atomic mass is 9.76. The predicted octanol–water partition coefficient (Wildman–Crippen LogP) is 2.40. The Bertz CT molecular complexity index is 265. The van der Waals surface area contributed by atoms with E-state index in [1.807, 2.05) is 0 Å². The quantitative estimate of drug-likeness (QED) is 0.580. The summed E-state index contributed by atoms with van der Waals surface area (Å²) in [7, 11) is 2.13. The third-order valence-corrected chi connectivity index (χ3v) is 7.52. The molecule has 0 saturated carbocycles. The van der Waals surface area contributed by atoms with Crippen LogP contribution in [0.5, 0.6) is 0 Å². The minimum atomic E-state index is -2.77. The van der Waals surface area contributed by atoms with E-state index < -0.39 is 8.80 Å². The fraction of sp³-hybridized carbons (Fsp3) is 1.00. The molecule has 120 valence electrons. The van der Waals surface area contributed by atoms with Gasteiger partial charge in [0.2, 0.25) is 0 Å². The normalized spacial score (nSPS) is 21.3. The van der Waals surface area contributed by atoms with E-state index in [9.17, 15) is 0 Å². The Morgan fingerprint density at radius 3 is 1.80 bits per heavy atom. The van der Waals surface area contributed by atoms with Crippen LogP contribution in [-0.4, -0.2) is 55.2 Å². The van der Waals surface area contributed by atoms with Gasteiger partial charge in [-0.25, -0.2) is 0 Å². The fourth-order valence-corrected chi connectivity index (χ4v) is 5.05. The van der Waals surface area contributed by atoms with Gasteiger partial charge in [-0.2, -0.15) is 0 Å². The Balaban J connectivity index is 2.84. The van der Waals surface area contributed by atoms with E-state index in [0.29, 0.717) is 0 Å². The molecule has 0 bridgehead atoms. The number of hydrogen-bond donors (Lipinski definition) is 0. The van der Waals surface area contributed by atoms with Crippen LogP contribution in [0.3, 0.4) is 0 Å². The van der Waals surface area contributed by atoms with Crippen molar-refractivity contribution in [2.75, 3.05) is 34.5 Å². The van der Waals surface area contributed by atoms with Gasteiger partial charge in [0.25, 0.3) is 0 Å². The molecular weight excluding hydrogens is 276 g/mol. The lowest BCUT2D eigenvalue weighted by molar-refractivity contribution is -0.200. The Morgan fingerprint density at radius 1 is 1.00 bits per heavy atom. The van der Waals surface area contributed by atoms with Gasteiger partial charge in [0.05, 0.1) is 19.3 Å². The summed E-state index contributed by atoms with van der Waals surface area (Å²) in [6.45, 7) is 7.98. The Morgan fingerprint density at radius 2 is 1.55 bits per heavy atom. The van der Waals surface area contributed by atoms with E-state index in [-0.39, 0.29) is 17.2 Å². The molecular formula is C14H30O5Si. The molecule has 1 aliphatic rings. The molecule has 0 spiro atoms. The Kier molecular flexibility index (Phi) is 7.10. The molecule has 0 aliphatic carbocycles. The van der Waals surface area contributed by atoms with E-state index in [4.69, 9.17) is 22.8 Å². The first-order valence-electron chi connectivity index (χ1n) is 7.46. The van der Waals surface area contributed by atoms with Crippen molar-refractivity contribution in [3.05, 3.63) is 0 Å². The molecule has 1 rings (SSSR count). The second kappa shape index (κ2) is 7.86. The van der Waals surface area contributed by atoms with Crippen molar-refractivity contribution in [2.24, 2.45) is 5.41 Å². The van der Waals surface area contributed by atoms with Crippen LogP contribution < -0.4 is 0 Å². The maximum atomic E-state index is 6.39. The molecule has 6 heteroatoms. The highest BCUT2D eigenvalue weighted by atomic mass is 28.4. The Hall–Kier alpha value is 0.0169. The molecule has 20 heavy (non-hydrogen) atoms. The summed E-state index contributed by atoms with van der Waals surface area (Å²) in [5.74, 6) is 0. The summed E-state index contributed by atoms with van der Waals surface area (Å²) in [6, 6.07) is 0. The van der Waals surface area contributed by atoms with Gasteiger partial charge in [0.15, 0.2) is 0 Å². The maximum Gasteiger partial charge on any atom is 0.530 e. The summed E-state index contributed by atoms with van der Waals surface area (Å²) in [6.07, 6.45) is 2.97. The van der Waals surface area contributed by atoms with Crippen LogP contribution in [-0.2, 0) is 22.8 Å². The highest BCUT2D eigenvalue weighted by molar-refractivity contribution is 6.62. The van der Waals surface area contributed by atoms with Crippen molar-refractivity contribution in [2.45, 2.75) is 51.9 Å². The monoisotopic (exact) mass is 306 g/mol. The topological polar surface area (TPSA) is 46.2 Å². The molecule has 1 heterocycles. The molecule has 0 aromatic carbocycles. The van der Waals surface area contributed by atoms with Crippen molar-refractivity contribution in [1.29, 1.82) is 0 Å². The average molecular weight is 306 g/mol. The number of rotatable bonds is 10. The van der Waals surface area contributed by atoms with Gasteiger partial charge in [0, 0.05) is 26.7 Å². The Labute approximate surface area is 124 Å². The molecule has 5 nitrogen and oxygen atoms in total. The van der Waals surface area contributed by atoms with E-state index in [1.54, 1.807) is 21.3 Å². The van der Waals surface area contributed by atoms with Crippen LogP contribution in [0.4, 0.5) is 0 Å². The molecule has 1 fully saturated rings. The zero-order valence-corrected chi connectivity index (χ0v) is 14.7. The van der Waals surface area contributed by atoms with E-state index >= 15 is 0 Å². The van der Waals surface area contributed by atoms with Crippen molar-refractivity contribution >= 4 is 8.80 Å². The van der Waals surface area contributed by atoms with E-state index in [1.165, 1.54) is 0 Å². The van der Waals surface area contributed by atoms with Crippen LogP contribution in [0, 0.1) is 5.41 Å². The van der Waals surface area contributed by atoms with E-state index in [2.05, 4.69) is 20.8 Å². The zero-order chi connectivity index (χ0) is 15.2. The van der Waals surface area contributed by atoms with Gasteiger partial charge in [0.1, 0.15) is 5.73 Å². The minimum Gasteiger partial charge on any atom is -0.380 e. The molecule has 0 N–H and O–H groups in total. The molecule has 1 aliphatic heterocycles. The summed E-state index contributed by atoms with van der Waals surface area (Å²) in [5, 5.41) is 0. The van der Waals surface area contributed by atoms with Crippen LogP contribution in [0.1, 0.15) is 40.0 Å². The van der Waals surface area contributed by atoms with Crippen LogP contribution in [0.2, 0.25) is 0 Å². The van der Waals surface area contributed by atoms with Gasteiger partial charge in [-0.1, -0.05) is 20.8 Å². The fourth-order valence-electron chi connectivity index (χ4n) is 2.93. The second-order valence-corrected chi connectivity index (χ2v) is 8.43. The zero-order valence-electron chi connectivity index (χ0n) is 13.7. The van der Waals surface area contributed by atoms with Crippen molar-refractivity contribution in [3.8, 4) is 0 Å². The summed E-state index contributed by atoms with van der Waals surface area (Å²) < 4.78 is 28.5. The third kappa shape index (κ3) is 3.26. The first-order chi connectivity index (χ1) is 9.57. The van der Waals surface area contributed by atoms with Gasteiger partial charge >= 0.3 is 8.80 Å². The van der Waals surface area contributed by atoms with Gasteiger partial charge in [-0.15, -0.1) is 0 Å². The van der Waals surface area contributed by atoms with Crippen LogP contribution in [0.25, 0.3) is 0 Å². The van der Waals surface area contributed by atoms with Crippen molar-refractivity contribution < 1.29 is 22.8 Å². The molecule has 0 radical (unpaired) electrons. The van der Waals surface area contributed by atoms with E-state index in [0.717, 1.165) is 32.5 Å². The average Bonchev–Trinajstić information content (AvgIpc) is 2.45. The smallest absolute Gasteiger partial charge is 0.380 e. The molecule has 2 unspecified atom stereocenters. The highest BCUT2D eigenvalue weighted by Crippen LogP contribution is 2.39. The third-order valence-electron chi connectivity index (χ3n) is 4.48. The minimum absolute atomic E-state index is 0.136. The molecule has 1 saturated heterocycles. The van der Waals surface area contributed by atoms with Crippen LogP contribution >= 0.6 is 0 Å². The summed E-state index contributed by atoms with van der Waals surface area (Å²) in [5.41, 5.74) is -0.00571. The molecule has 0 aromatic rings. The first kappa shape index (κ1) is 18.1. The lowest BCUT2D eigenvalue weighted by Gasteiger charge is -2.48. The SMILES string of the molecule is CCC(OC(CC)[Si](OC)(OC)OC)C1(CC)COC1. The van der Waals surface area contributed by atoms with Crippen molar-refractivity contribution in [3.63, 3.8) is 0 Å². The van der Waals surface area contributed by atoms with Gasteiger partial charge in [-0.05, 0) is 19.3 Å². The molecule has 0 amide bonds. The lowest BCUT2D eigenvalue weighted by Crippen LogP contribution is -2.60. The largest absolute Gasteiger partial charge is 0.530 e. The van der Waals surface area contributed by atoms with Gasteiger partial charge < -0.3 is 22.8 Å². The standard InChI is InChI=1S/C14H30O5Si/c1-7-12(14(9-3)10-18-11-14)19-13(8-2)20(15-4,16-5)17-6/h12-13H,7-11H2,1-6H3. The number of hydrogen-bond acceptors (Lipinski definition) is 5. The van der Waals surface area contributed by atoms with Crippen LogP contribution in [0.15, 0.2) is 0 Å². The first-order valence-corrected chi connectivity index (χ1v) is 9.26. The second-order valence-electron chi connectivity index (χ2n) is 5.35. The predicted molar refractivity (Wildman–Crippen MR) is 79.6 cm³/mol.